The second-order valence-electron chi connectivity index (χ2n) is 6.45. The van der Waals surface area contributed by atoms with Gasteiger partial charge in [0.2, 0.25) is 5.91 Å². The Balaban J connectivity index is 1.65. The third kappa shape index (κ3) is 4.15. The number of carbonyl (C=O) groups is 1. The summed E-state index contributed by atoms with van der Waals surface area (Å²) in [5, 5.41) is 7.42. The minimum Gasteiger partial charge on any atom is -0.349 e. The number of nitrogens with zero attached hydrogens (tertiary/aromatic N) is 2. The highest BCUT2D eigenvalue weighted by atomic mass is 16.1. The Morgan fingerprint density at radius 1 is 1.16 bits per heavy atom. The van der Waals surface area contributed by atoms with Crippen LogP contribution in [0.5, 0.6) is 0 Å². The number of rotatable bonds is 5. The molecule has 1 N–H and O–H groups in total. The first-order valence-corrected chi connectivity index (χ1v) is 8.48. The van der Waals surface area contributed by atoms with Crippen LogP contribution in [-0.4, -0.2) is 15.7 Å². The van der Waals surface area contributed by atoms with Crippen molar-refractivity contribution in [3.8, 4) is 5.69 Å². The molecule has 1 atom stereocenters. The lowest BCUT2D eigenvalue weighted by Crippen LogP contribution is -2.28. The fourth-order valence-corrected chi connectivity index (χ4v) is 2.96. The summed E-state index contributed by atoms with van der Waals surface area (Å²) >= 11 is 0. The number of benzene rings is 2. The Hall–Kier alpha value is -2.88. The Kier molecular flexibility index (Phi) is 4.98. The predicted molar refractivity (Wildman–Crippen MR) is 99.7 cm³/mol. The van der Waals surface area contributed by atoms with Crippen molar-refractivity contribution in [3.05, 3.63) is 83.2 Å². The smallest absolute Gasteiger partial charge is 0.225 e. The molecule has 4 nitrogen and oxygen atoms in total. The zero-order chi connectivity index (χ0) is 17.8. The van der Waals surface area contributed by atoms with Gasteiger partial charge in [0.1, 0.15) is 0 Å². The molecule has 0 aliphatic heterocycles. The van der Waals surface area contributed by atoms with E-state index in [0.29, 0.717) is 6.42 Å². The molecular weight excluding hydrogens is 310 g/mol. The van der Waals surface area contributed by atoms with Gasteiger partial charge >= 0.3 is 0 Å². The summed E-state index contributed by atoms with van der Waals surface area (Å²) < 4.78 is 1.79. The molecule has 0 aliphatic rings. The van der Waals surface area contributed by atoms with Crippen molar-refractivity contribution in [2.75, 3.05) is 0 Å². The lowest BCUT2D eigenvalue weighted by molar-refractivity contribution is -0.121. The van der Waals surface area contributed by atoms with Crippen molar-refractivity contribution >= 4 is 5.91 Å². The standard InChI is InChI=1S/C21H23N3O/c1-15-9-10-16(2)20(11-15)17(3)23-21(25)12-18-13-22-24(14-18)19-7-5-4-6-8-19/h4-11,13-14,17H,12H2,1-3H3,(H,23,25). The highest BCUT2D eigenvalue weighted by molar-refractivity contribution is 5.79. The molecule has 1 aromatic heterocycles. The van der Waals surface area contributed by atoms with Gasteiger partial charge in [-0.1, -0.05) is 42.0 Å². The van der Waals surface area contributed by atoms with Crippen LogP contribution >= 0.6 is 0 Å². The van der Waals surface area contributed by atoms with Crippen LogP contribution in [0.1, 0.15) is 35.2 Å². The molecule has 0 radical (unpaired) electrons. The number of aromatic nitrogens is 2. The first-order chi connectivity index (χ1) is 12.0. The molecule has 0 spiro atoms. The van der Waals surface area contributed by atoms with Crippen molar-refractivity contribution in [1.82, 2.24) is 15.1 Å². The molecule has 1 heterocycles. The largest absolute Gasteiger partial charge is 0.349 e. The number of aryl methyl sites for hydroxylation is 2. The molecule has 25 heavy (non-hydrogen) atoms. The summed E-state index contributed by atoms with van der Waals surface area (Å²) in [4.78, 5) is 12.4. The maximum absolute atomic E-state index is 12.4. The van der Waals surface area contributed by atoms with Crippen LogP contribution in [0, 0.1) is 13.8 Å². The van der Waals surface area contributed by atoms with Gasteiger partial charge in [-0.2, -0.15) is 5.10 Å². The monoisotopic (exact) mass is 333 g/mol. The van der Waals surface area contributed by atoms with Crippen LogP contribution in [0.15, 0.2) is 60.9 Å². The number of carbonyl (C=O) groups excluding carboxylic acids is 1. The van der Waals surface area contributed by atoms with Crippen LogP contribution in [-0.2, 0) is 11.2 Å². The fourth-order valence-electron chi connectivity index (χ4n) is 2.96. The van der Waals surface area contributed by atoms with Gasteiger partial charge in [0.25, 0.3) is 0 Å². The maximum atomic E-state index is 12.4. The zero-order valence-electron chi connectivity index (χ0n) is 14.9. The molecule has 0 fully saturated rings. The van der Waals surface area contributed by atoms with E-state index in [1.807, 2.05) is 43.5 Å². The van der Waals surface area contributed by atoms with Crippen LogP contribution in [0.4, 0.5) is 0 Å². The molecule has 4 heteroatoms. The minimum absolute atomic E-state index is 0.000942. The molecule has 1 amide bonds. The topological polar surface area (TPSA) is 46.9 Å². The Labute approximate surface area is 148 Å². The summed E-state index contributed by atoms with van der Waals surface area (Å²) in [6, 6.07) is 16.2. The van der Waals surface area contributed by atoms with Crippen molar-refractivity contribution in [1.29, 1.82) is 0 Å². The normalized spacial score (nSPS) is 12.0. The number of nitrogens with one attached hydrogen (secondary N) is 1. The molecule has 0 saturated heterocycles. The Morgan fingerprint density at radius 2 is 1.92 bits per heavy atom. The number of para-hydroxylation sites is 1. The molecular formula is C21H23N3O. The minimum atomic E-state index is -0.0171. The average molecular weight is 333 g/mol. The van der Waals surface area contributed by atoms with Gasteiger partial charge < -0.3 is 5.32 Å². The van der Waals surface area contributed by atoms with E-state index >= 15 is 0 Å². The Bertz CT molecular complexity index is 868. The van der Waals surface area contributed by atoms with Crippen LogP contribution in [0.3, 0.4) is 0 Å². The van der Waals surface area contributed by atoms with E-state index in [-0.39, 0.29) is 11.9 Å². The van der Waals surface area contributed by atoms with Gasteiger partial charge in [0.15, 0.2) is 0 Å². The van der Waals surface area contributed by atoms with Gasteiger partial charge in [0.05, 0.1) is 24.3 Å². The lowest BCUT2D eigenvalue weighted by Gasteiger charge is -2.17. The van der Waals surface area contributed by atoms with E-state index in [0.717, 1.165) is 16.8 Å². The summed E-state index contributed by atoms with van der Waals surface area (Å²) in [7, 11) is 0. The molecule has 0 aliphatic carbocycles. The number of amides is 1. The maximum Gasteiger partial charge on any atom is 0.225 e. The van der Waals surface area contributed by atoms with Gasteiger partial charge in [-0.05, 0) is 49.6 Å². The van der Waals surface area contributed by atoms with Crippen LogP contribution in [0.2, 0.25) is 0 Å². The van der Waals surface area contributed by atoms with E-state index in [4.69, 9.17) is 0 Å². The molecule has 3 rings (SSSR count). The fraction of sp³-hybridized carbons (Fsp3) is 0.238. The molecule has 0 saturated carbocycles. The van der Waals surface area contributed by atoms with E-state index in [1.165, 1.54) is 11.1 Å². The van der Waals surface area contributed by atoms with Crippen LogP contribution < -0.4 is 5.32 Å². The first kappa shape index (κ1) is 17.0. The SMILES string of the molecule is Cc1ccc(C)c(C(C)NC(=O)Cc2cnn(-c3ccccc3)c2)c1. The molecule has 2 aromatic carbocycles. The first-order valence-electron chi connectivity index (χ1n) is 8.48. The zero-order valence-corrected chi connectivity index (χ0v) is 14.9. The summed E-state index contributed by atoms with van der Waals surface area (Å²) in [5.41, 5.74) is 5.43. The highest BCUT2D eigenvalue weighted by Gasteiger charge is 2.13. The van der Waals surface area contributed by atoms with E-state index in [1.54, 1.807) is 10.9 Å². The summed E-state index contributed by atoms with van der Waals surface area (Å²) in [5.74, 6) is 0.000942. The van der Waals surface area contributed by atoms with Crippen molar-refractivity contribution < 1.29 is 4.79 Å². The van der Waals surface area contributed by atoms with Crippen molar-refractivity contribution in [2.24, 2.45) is 0 Å². The Morgan fingerprint density at radius 3 is 2.68 bits per heavy atom. The van der Waals surface area contributed by atoms with E-state index in [9.17, 15) is 4.79 Å². The second-order valence-corrected chi connectivity index (χ2v) is 6.45. The van der Waals surface area contributed by atoms with Crippen LogP contribution in [0.25, 0.3) is 5.69 Å². The number of hydrogen-bond donors (Lipinski definition) is 1. The van der Waals surface area contributed by atoms with Gasteiger partial charge in [-0.25, -0.2) is 4.68 Å². The highest BCUT2D eigenvalue weighted by Crippen LogP contribution is 2.19. The molecule has 3 aromatic rings. The van der Waals surface area contributed by atoms with E-state index < -0.39 is 0 Å². The van der Waals surface area contributed by atoms with E-state index in [2.05, 4.69) is 42.5 Å². The number of hydrogen-bond acceptors (Lipinski definition) is 2. The van der Waals surface area contributed by atoms with Crippen molar-refractivity contribution in [3.63, 3.8) is 0 Å². The average Bonchev–Trinajstić information content (AvgIpc) is 3.06. The molecule has 1 unspecified atom stereocenters. The second kappa shape index (κ2) is 7.34. The lowest BCUT2D eigenvalue weighted by atomic mass is 10.00. The van der Waals surface area contributed by atoms with Gasteiger partial charge in [0, 0.05) is 6.20 Å². The quantitative estimate of drug-likeness (QED) is 0.769. The van der Waals surface area contributed by atoms with Gasteiger partial charge in [-0.3, -0.25) is 4.79 Å². The third-order valence-corrected chi connectivity index (χ3v) is 4.30. The third-order valence-electron chi connectivity index (χ3n) is 4.30. The summed E-state index contributed by atoms with van der Waals surface area (Å²) in [6.07, 6.45) is 3.97. The predicted octanol–water partition coefficient (Wildman–Crippen LogP) is 3.91. The van der Waals surface area contributed by atoms with Gasteiger partial charge in [-0.15, -0.1) is 0 Å². The summed E-state index contributed by atoms with van der Waals surface area (Å²) in [6.45, 7) is 6.16. The molecule has 0 bridgehead atoms. The molecule has 128 valence electrons. The van der Waals surface area contributed by atoms with Crippen molar-refractivity contribution in [2.45, 2.75) is 33.2 Å².